The molecule has 2 N–H and O–H groups in total. The lowest BCUT2D eigenvalue weighted by Crippen LogP contribution is -2.44. The van der Waals surface area contributed by atoms with Crippen molar-refractivity contribution >= 4 is 10.0 Å². The highest BCUT2D eigenvalue weighted by Crippen LogP contribution is 2.20. The minimum absolute atomic E-state index is 0.176. The minimum atomic E-state index is -3.48. The molecule has 1 aromatic carbocycles. The molecule has 0 amide bonds. The van der Waals surface area contributed by atoms with Gasteiger partial charge in [0.25, 0.3) is 10.0 Å². The van der Waals surface area contributed by atoms with Crippen LogP contribution in [0.2, 0.25) is 0 Å². The highest BCUT2D eigenvalue weighted by molar-refractivity contribution is 7.89. The van der Waals surface area contributed by atoms with Gasteiger partial charge in [0.2, 0.25) is 0 Å². The molecule has 0 bridgehead atoms. The van der Waals surface area contributed by atoms with Crippen molar-refractivity contribution in [3.8, 4) is 0 Å². The van der Waals surface area contributed by atoms with Crippen molar-refractivity contribution in [3.05, 3.63) is 29.8 Å². The van der Waals surface area contributed by atoms with E-state index in [0.717, 1.165) is 37.9 Å². The summed E-state index contributed by atoms with van der Waals surface area (Å²) < 4.78 is 25.0. The number of piperidine rings is 1. The van der Waals surface area contributed by atoms with Gasteiger partial charge in [0.15, 0.2) is 0 Å². The molecule has 1 atom stereocenters. The Labute approximate surface area is 127 Å². The maximum absolute atomic E-state index is 12.5. The largest absolute Gasteiger partial charge is 0.313 e. The van der Waals surface area contributed by atoms with Gasteiger partial charge in [0.05, 0.1) is 4.90 Å². The summed E-state index contributed by atoms with van der Waals surface area (Å²) in [6.45, 7) is 3.65. The number of hydrogen-bond donors (Lipinski definition) is 2. The Bertz CT molecular complexity index is 550. The molecule has 1 aliphatic heterocycles. The quantitative estimate of drug-likeness (QED) is 0.844. The van der Waals surface area contributed by atoms with E-state index in [4.69, 9.17) is 0 Å². The Hall–Kier alpha value is -0.950. The summed E-state index contributed by atoms with van der Waals surface area (Å²) in [6.07, 6.45) is 4.17. The van der Waals surface area contributed by atoms with E-state index in [1.165, 1.54) is 6.42 Å². The minimum Gasteiger partial charge on any atom is -0.313 e. The molecule has 0 radical (unpaired) electrons. The van der Waals surface area contributed by atoms with Gasteiger partial charge in [-0.15, -0.1) is 4.83 Å². The van der Waals surface area contributed by atoms with Crippen molar-refractivity contribution in [2.45, 2.75) is 43.5 Å². The van der Waals surface area contributed by atoms with E-state index in [0.29, 0.717) is 4.90 Å². The zero-order chi connectivity index (χ0) is 15.3. The van der Waals surface area contributed by atoms with Crippen LogP contribution in [0.25, 0.3) is 0 Å². The molecule has 5 nitrogen and oxygen atoms in total. The molecule has 1 saturated heterocycles. The number of hydrazine groups is 1. The van der Waals surface area contributed by atoms with Gasteiger partial charge in [-0.2, -0.15) is 0 Å². The van der Waals surface area contributed by atoms with Gasteiger partial charge < -0.3 is 5.32 Å². The standard InChI is InChI=1S/C15H25N3O2S/c1-3-15(16-2)13-8-7-9-14(12-13)21(19,20)17-18-10-5-4-6-11-18/h7-9,12,15-17H,3-6,10-11H2,1-2H3. The number of nitrogens with zero attached hydrogens (tertiary/aromatic N) is 1. The Morgan fingerprint density at radius 2 is 1.95 bits per heavy atom. The van der Waals surface area contributed by atoms with Crippen molar-refractivity contribution in [2.24, 2.45) is 0 Å². The predicted molar refractivity (Wildman–Crippen MR) is 84.3 cm³/mol. The van der Waals surface area contributed by atoms with Gasteiger partial charge in [0, 0.05) is 19.1 Å². The molecule has 21 heavy (non-hydrogen) atoms. The fourth-order valence-electron chi connectivity index (χ4n) is 2.71. The number of nitrogens with one attached hydrogen (secondary N) is 2. The lowest BCUT2D eigenvalue weighted by molar-refractivity contribution is 0.200. The SMILES string of the molecule is CCC(NC)c1cccc(S(=O)(=O)NN2CCCCC2)c1. The molecule has 6 heteroatoms. The monoisotopic (exact) mass is 311 g/mol. The Morgan fingerprint density at radius 1 is 1.24 bits per heavy atom. The zero-order valence-corrected chi connectivity index (χ0v) is 13.6. The summed E-state index contributed by atoms with van der Waals surface area (Å²) in [5, 5.41) is 5.01. The second-order valence-electron chi connectivity index (χ2n) is 5.46. The second-order valence-corrected chi connectivity index (χ2v) is 7.13. The van der Waals surface area contributed by atoms with Crippen LogP contribution in [0.15, 0.2) is 29.2 Å². The van der Waals surface area contributed by atoms with E-state index in [-0.39, 0.29) is 6.04 Å². The smallest absolute Gasteiger partial charge is 0.253 e. The lowest BCUT2D eigenvalue weighted by atomic mass is 10.1. The van der Waals surface area contributed by atoms with Crippen LogP contribution in [0.5, 0.6) is 0 Å². The summed E-state index contributed by atoms with van der Waals surface area (Å²) in [5.74, 6) is 0. The highest BCUT2D eigenvalue weighted by atomic mass is 32.2. The van der Waals surface area contributed by atoms with E-state index < -0.39 is 10.0 Å². The van der Waals surface area contributed by atoms with Gasteiger partial charge in [-0.25, -0.2) is 13.4 Å². The fourth-order valence-corrected chi connectivity index (χ4v) is 3.89. The molecule has 2 rings (SSSR count). The molecule has 1 unspecified atom stereocenters. The van der Waals surface area contributed by atoms with Crippen LogP contribution in [0, 0.1) is 0 Å². The highest BCUT2D eigenvalue weighted by Gasteiger charge is 2.20. The third kappa shape index (κ3) is 4.26. The van der Waals surface area contributed by atoms with Gasteiger partial charge in [-0.1, -0.05) is 25.5 Å². The molecule has 118 valence electrons. The third-order valence-electron chi connectivity index (χ3n) is 3.93. The lowest BCUT2D eigenvalue weighted by Gasteiger charge is -2.26. The average Bonchev–Trinajstić information content (AvgIpc) is 2.49. The van der Waals surface area contributed by atoms with E-state index in [2.05, 4.69) is 17.1 Å². The summed E-state index contributed by atoms with van der Waals surface area (Å²) in [5.41, 5.74) is 1.00. The van der Waals surface area contributed by atoms with Crippen molar-refractivity contribution < 1.29 is 8.42 Å². The van der Waals surface area contributed by atoms with E-state index in [1.807, 2.05) is 13.1 Å². The normalized spacial score (nSPS) is 18.6. The molecule has 1 aromatic rings. The first-order valence-electron chi connectivity index (χ1n) is 7.61. The first-order chi connectivity index (χ1) is 10.1. The number of benzene rings is 1. The van der Waals surface area contributed by atoms with Crippen LogP contribution in [-0.2, 0) is 10.0 Å². The third-order valence-corrected chi connectivity index (χ3v) is 5.31. The molecule has 1 heterocycles. The summed E-state index contributed by atoms with van der Waals surface area (Å²) >= 11 is 0. The predicted octanol–water partition coefficient (Wildman–Crippen LogP) is 2.04. The molecule has 0 saturated carbocycles. The van der Waals surface area contributed by atoms with Crippen molar-refractivity contribution in [2.75, 3.05) is 20.1 Å². The molecule has 1 fully saturated rings. The molecule has 0 aromatic heterocycles. The molecular weight excluding hydrogens is 286 g/mol. The number of sulfonamides is 1. The summed E-state index contributed by atoms with van der Waals surface area (Å²) in [6, 6.07) is 7.36. The van der Waals surface area contributed by atoms with Gasteiger partial charge in [0.1, 0.15) is 0 Å². The fraction of sp³-hybridized carbons (Fsp3) is 0.600. The number of hydrogen-bond acceptors (Lipinski definition) is 4. The molecule has 0 aliphatic carbocycles. The van der Waals surface area contributed by atoms with Crippen LogP contribution in [0.1, 0.15) is 44.2 Å². The Kier molecular flexibility index (Phi) is 5.75. The van der Waals surface area contributed by atoms with Gasteiger partial charge >= 0.3 is 0 Å². The van der Waals surface area contributed by atoms with E-state index in [9.17, 15) is 8.42 Å². The zero-order valence-electron chi connectivity index (χ0n) is 12.8. The van der Waals surface area contributed by atoms with Crippen LogP contribution in [-0.4, -0.2) is 33.6 Å². The van der Waals surface area contributed by atoms with E-state index >= 15 is 0 Å². The van der Waals surface area contributed by atoms with Gasteiger partial charge in [-0.3, -0.25) is 0 Å². The van der Waals surface area contributed by atoms with Crippen LogP contribution >= 0.6 is 0 Å². The van der Waals surface area contributed by atoms with Crippen molar-refractivity contribution in [3.63, 3.8) is 0 Å². The summed E-state index contributed by atoms with van der Waals surface area (Å²) in [4.78, 5) is 3.03. The van der Waals surface area contributed by atoms with E-state index in [1.54, 1.807) is 23.2 Å². The van der Waals surface area contributed by atoms with Crippen molar-refractivity contribution in [1.82, 2.24) is 15.2 Å². The van der Waals surface area contributed by atoms with Crippen LogP contribution in [0.3, 0.4) is 0 Å². The van der Waals surface area contributed by atoms with Crippen LogP contribution < -0.4 is 10.1 Å². The topological polar surface area (TPSA) is 61.4 Å². The summed E-state index contributed by atoms with van der Waals surface area (Å²) in [7, 11) is -1.59. The Morgan fingerprint density at radius 3 is 2.57 bits per heavy atom. The maximum Gasteiger partial charge on any atom is 0.253 e. The first kappa shape index (κ1) is 16.4. The van der Waals surface area contributed by atoms with Crippen LogP contribution in [0.4, 0.5) is 0 Å². The molecule has 0 spiro atoms. The molecule has 1 aliphatic rings. The average molecular weight is 311 g/mol. The van der Waals surface area contributed by atoms with Gasteiger partial charge in [-0.05, 0) is 44.0 Å². The first-order valence-corrected chi connectivity index (χ1v) is 9.09. The second kappa shape index (κ2) is 7.35. The maximum atomic E-state index is 12.5. The van der Waals surface area contributed by atoms with Crippen molar-refractivity contribution in [1.29, 1.82) is 0 Å². The molecular formula is C15H25N3O2S. The number of rotatable bonds is 6. The Balaban J connectivity index is 2.17.